The second-order valence-corrected chi connectivity index (χ2v) is 13.8. The maximum atomic E-state index is 11.4. The van der Waals surface area contributed by atoms with Gasteiger partial charge in [0, 0.05) is 29.5 Å². The first-order valence-corrected chi connectivity index (χ1v) is 15.2. The van der Waals surface area contributed by atoms with E-state index in [4.69, 9.17) is 14.2 Å². The first kappa shape index (κ1) is 24.6. The predicted octanol–water partition coefficient (Wildman–Crippen LogP) is 7.26. The molecule has 2 aliphatic carbocycles. The number of carboxylic acid groups (broad SMARTS) is 1. The minimum Gasteiger partial charge on any atom is -0.478 e. The number of hydrogen-bond donors (Lipinski definition) is 1. The Hall–Kier alpha value is -2.45. The van der Waals surface area contributed by atoms with E-state index in [9.17, 15) is 9.90 Å². The van der Waals surface area contributed by atoms with E-state index in [1.165, 1.54) is 49.8 Å². The molecule has 0 radical (unpaired) electrons. The molecule has 7 nitrogen and oxygen atoms in total. The van der Waals surface area contributed by atoms with Gasteiger partial charge in [-0.1, -0.05) is 30.3 Å². The molecule has 0 amide bonds. The van der Waals surface area contributed by atoms with Crippen molar-refractivity contribution in [1.82, 2.24) is 10.1 Å². The molecule has 2 saturated carbocycles. The molecule has 2 aliphatic heterocycles. The number of carboxylic acids is 1. The molecule has 1 aromatic carbocycles. The van der Waals surface area contributed by atoms with Crippen LogP contribution in [0.15, 0.2) is 22.7 Å². The minimum absolute atomic E-state index is 0.233. The van der Waals surface area contributed by atoms with Gasteiger partial charge in [-0.25, -0.2) is 9.78 Å². The van der Waals surface area contributed by atoms with Crippen LogP contribution >= 0.6 is 11.3 Å². The molecule has 202 valence electrons. The number of carbonyl (C=O) groups is 1. The highest BCUT2D eigenvalue weighted by Crippen LogP contribution is 2.48. The second-order valence-electron chi connectivity index (χ2n) is 12.8. The van der Waals surface area contributed by atoms with Gasteiger partial charge in [0.05, 0.1) is 34.2 Å². The van der Waals surface area contributed by atoms with E-state index in [1.54, 1.807) is 23.5 Å². The van der Waals surface area contributed by atoms with Crippen molar-refractivity contribution in [2.24, 2.45) is 5.41 Å². The Balaban J connectivity index is 1.05. The van der Waals surface area contributed by atoms with Crippen molar-refractivity contribution in [3.8, 4) is 0 Å². The summed E-state index contributed by atoms with van der Waals surface area (Å²) in [5.74, 6) is 1.23. The lowest BCUT2D eigenvalue weighted by Crippen LogP contribution is -2.45. The lowest BCUT2D eigenvalue weighted by molar-refractivity contribution is 0.0140. The zero-order valence-electron chi connectivity index (χ0n) is 22.3. The quantitative estimate of drug-likeness (QED) is 0.340. The molecule has 4 aliphatic rings. The lowest BCUT2D eigenvalue weighted by atomic mass is 9.72. The summed E-state index contributed by atoms with van der Waals surface area (Å²) in [5.41, 5.74) is 4.07. The summed E-state index contributed by atoms with van der Waals surface area (Å²) in [6, 6.07) is 6.06. The number of anilines is 1. The van der Waals surface area contributed by atoms with Crippen molar-refractivity contribution in [3.63, 3.8) is 0 Å². The maximum Gasteiger partial charge on any atom is 0.335 e. The van der Waals surface area contributed by atoms with E-state index in [0.717, 1.165) is 46.8 Å². The summed E-state index contributed by atoms with van der Waals surface area (Å²) in [4.78, 5) is 18.8. The number of aromatic carboxylic acids is 1. The third kappa shape index (κ3) is 4.53. The van der Waals surface area contributed by atoms with Crippen molar-refractivity contribution in [1.29, 1.82) is 0 Å². The molecule has 4 heterocycles. The predicted molar refractivity (Wildman–Crippen MR) is 147 cm³/mol. The summed E-state index contributed by atoms with van der Waals surface area (Å²) in [6.45, 7) is 5.38. The second kappa shape index (κ2) is 9.33. The normalized spacial score (nSPS) is 27.3. The van der Waals surface area contributed by atoms with Crippen LogP contribution in [0.2, 0.25) is 0 Å². The Kier molecular flexibility index (Phi) is 6.04. The van der Waals surface area contributed by atoms with Gasteiger partial charge in [0.2, 0.25) is 0 Å². The maximum absolute atomic E-state index is 11.4. The number of aromatic nitrogens is 2. The van der Waals surface area contributed by atoms with Crippen molar-refractivity contribution in [2.75, 3.05) is 4.90 Å². The number of ether oxygens (including phenoxy) is 1. The minimum atomic E-state index is -0.895. The van der Waals surface area contributed by atoms with Gasteiger partial charge in [-0.15, -0.1) is 0 Å². The number of rotatable bonds is 7. The molecular weight excluding hydrogens is 498 g/mol. The molecule has 2 saturated heterocycles. The van der Waals surface area contributed by atoms with Crippen LogP contribution in [0, 0.1) is 5.41 Å². The van der Waals surface area contributed by atoms with Crippen molar-refractivity contribution in [2.45, 2.75) is 115 Å². The molecule has 1 N–H and O–H groups in total. The third-order valence-corrected chi connectivity index (χ3v) is 10.6. The summed E-state index contributed by atoms with van der Waals surface area (Å²) in [7, 11) is 0. The SMILES string of the molecule is CC1(C)CCC(c2noc(C3CC3)c2COC2C[C@@H]3CC[C@@H](C2)N3c2nc3ccc(C(=O)O)cc3s2)CC1. The van der Waals surface area contributed by atoms with E-state index in [1.807, 2.05) is 6.07 Å². The molecule has 8 heteroatoms. The van der Waals surface area contributed by atoms with Crippen molar-refractivity contribution < 1.29 is 19.2 Å². The average molecular weight is 536 g/mol. The van der Waals surface area contributed by atoms with Crippen molar-refractivity contribution in [3.05, 3.63) is 40.8 Å². The Morgan fingerprint density at radius 2 is 1.84 bits per heavy atom. The van der Waals surface area contributed by atoms with Gasteiger partial charge < -0.3 is 19.3 Å². The van der Waals surface area contributed by atoms with Gasteiger partial charge in [-0.05, 0) is 87.8 Å². The molecule has 2 bridgehead atoms. The van der Waals surface area contributed by atoms with Gasteiger partial charge >= 0.3 is 5.97 Å². The molecule has 7 rings (SSSR count). The zero-order valence-corrected chi connectivity index (χ0v) is 23.1. The van der Waals surface area contributed by atoms with Crippen LogP contribution in [-0.4, -0.2) is 39.4 Å². The van der Waals surface area contributed by atoms with Crippen LogP contribution in [0.25, 0.3) is 10.2 Å². The van der Waals surface area contributed by atoms with Gasteiger partial charge in [-0.3, -0.25) is 0 Å². The Morgan fingerprint density at radius 1 is 1.11 bits per heavy atom. The van der Waals surface area contributed by atoms with Crippen LogP contribution in [0.1, 0.15) is 117 Å². The third-order valence-electron chi connectivity index (χ3n) is 9.52. The number of hydrogen-bond acceptors (Lipinski definition) is 7. The van der Waals surface area contributed by atoms with Gasteiger partial charge in [-0.2, -0.15) is 0 Å². The van der Waals surface area contributed by atoms with Crippen LogP contribution in [-0.2, 0) is 11.3 Å². The van der Waals surface area contributed by atoms with Gasteiger partial charge in [0.15, 0.2) is 5.13 Å². The highest BCUT2D eigenvalue weighted by molar-refractivity contribution is 7.22. The first-order valence-electron chi connectivity index (χ1n) is 14.4. The fraction of sp³-hybridized carbons (Fsp3) is 0.633. The van der Waals surface area contributed by atoms with Crippen LogP contribution < -0.4 is 4.90 Å². The molecule has 3 aromatic rings. The van der Waals surface area contributed by atoms with E-state index < -0.39 is 5.97 Å². The lowest BCUT2D eigenvalue weighted by Gasteiger charge is -2.38. The monoisotopic (exact) mass is 535 g/mol. The number of thiazole rings is 1. The first-order chi connectivity index (χ1) is 18.3. The fourth-order valence-corrected chi connectivity index (χ4v) is 8.22. The molecule has 38 heavy (non-hydrogen) atoms. The number of fused-ring (bicyclic) bond motifs is 3. The summed E-state index contributed by atoms with van der Waals surface area (Å²) in [6.07, 6.45) is 11.8. The summed E-state index contributed by atoms with van der Waals surface area (Å²) < 4.78 is 13.6. The van der Waals surface area contributed by atoms with Crippen LogP contribution in [0.3, 0.4) is 0 Å². The molecule has 2 aromatic heterocycles. The van der Waals surface area contributed by atoms with E-state index in [2.05, 4.69) is 23.9 Å². The van der Waals surface area contributed by atoms with Gasteiger partial charge in [0.25, 0.3) is 0 Å². The van der Waals surface area contributed by atoms with Crippen LogP contribution in [0.4, 0.5) is 5.13 Å². The molecule has 2 atom stereocenters. The molecule has 0 unspecified atom stereocenters. The molecule has 4 fully saturated rings. The highest BCUT2D eigenvalue weighted by Gasteiger charge is 2.43. The van der Waals surface area contributed by atoms with E-state index >= 15 is 0 Å². The highest BCUT2D eigenvalue weighted by atomic mass is 32.1. The molecule has 0 spiro atoms. The topological polar surface area (TPSA) is 88.7 Å². The Bertz CT molecular complexity index is 1330. The average Bonchev–Trinajstić information content (AvgIpc) is 3.41. The summed E-state index contributed by atoms with van der Waals surface area (Å²) >= 11 is 1.62. The number of nitrogens with zero attached hydrogens (tertiary/aromatic N) is 3. The number of benzene rings is 1. The standard InChI is InChI=1S/C30H37N3O4S/c1-30(2)11-9-17(10-12-30)26-23(27(37-32-26)18-3-4-18)16-36-22-14-20-6-7-21(15-22)33(20)29-31-24-8-5-19(28(34)35)13-25(24)38-29/h5,8,13,17-18,20-22H,3-4,6-7,9-12,14-16H2,1-2H3,(H,34,35)/t20-,21-/m0/s1. The Labute approximate surface area is 227 Å². The smallest absolute Gasteiger partial charge is 0.335 e. The number of piperidine rings is 1. The van der Waals surface area contributed by atoms with Crippen molar-refractivity contribution >= 4 is 32.7 Å². The van der Waals surface area contributed by atoms with E-state index in [0.29, 0.717) is 41.5 Å². The largest absolute Gasteiger partial charge is 0.478 e. The zero-order chi connectivity index (χ0) is 26.0. The van der Waals surface area contributed by atoms with E-state index in [-0.39, 0.29) is 6.10 Å². The summed E-state index contributed by atoms with van der Waals surface area (Å²) in [5, 5.41) is 15.0. The van der Waals surface area contributed by atoms with Gasteiger partial charge in [0.1, 0.15) is 5.76 Å². The fourth-order valence-electron chi connectivity index (χ4n) is 7.07. The van der Waals surface area contributed by atoms with Crippen LogP contribution in [0.5, 0.6) is 0 Å². The Morgan fingerprint density at radius 3 is 2.53 bits per heavy atom. The molecular formula is C30H37N3O4S.